The lowest BCUT2D eigenvalue weighted by Gasteiger charge is -2.22. The number of halogens is 1. The molecule has 0 saturated carbocycles. The number of rotatable bonds is 4. The Labute approximate surface area is 101 Å². The van der Waals surface area contributed by atoms with Gasteiger partial charge in [-0.25, -0.2) is 0 Å². The summed E-state index contributed by atoms with van der Waals surface area (Å²) >= 11 is 1.72. The predicted molar refractivity (Wildman–Crippen MR) is 66.7 cm³/mol. The number of piperidine rings is 1. The Balaban J connectivity index is 0.00000112. The standard InChI is InChI=1S/C10H17N3S.ClH/c1-2-9(4-11-3-1)5-12-6-10-7-13-8-14-10;/h7-9,11-12H,1-6H2;1H. The Hall–Kier alpha value is -0.160. The lowest BCUT2D eigenvalue weighted by molar-refractivity contribution is 0.360. The minimum atomic E-state index is 0. The molecule has 3 nitrogen and oxygen atoms in total. The molecule has 86 valence electrons. The number of hydrogen-bond donors (Lipinski definition) is 2. The van der Waals surface area contributed by atoms with Gasteiger partial charge in [0.1, 0.15) is 0 Å². The maximum atomic E-state index is 4.05. The Bertz CT molecular complexity index is 247. The predicted octanol–water partition coefficient (Wildman–Crippen LogP) is 1.65. The summed E-state index contributed by atoms with van der Waals surface area (Å²) in [6.07, 6.45) is 4.63. The van der Waals surface area contributed by atoms with Crippen molar-refractivity contribution in [2.24, 2.45) is 5.92 Å². The van der Waals surface area contributed by atoms with Crippen molar-refractivity contribution in [3.63, 3.8) is 0 Å². The highest BCUT2D eigenvalue weighted by atomic mass is 35.5. The normalized spacial score (nSPS) is 20.9. The van der Waals surface area contributed by atoms with E-state index in [2.05, 4.69) is 15.6 Å². The second-order valence-electron chi connectivity index (χ2n) is 3.81. The van der Waals surface area contributed by atoms with Gasteiger partial charge >= 0.3 is 0 Å². The summed E-state index contributed by atoms with van der Waals surface area (Å²) in [5.41, 5.74) is 1.89. The Morgan fingerprint density at radius 1 is 1.60 bits per heavy atom. The van der Waals surface area contributed by atoms with Crippen molar-refractivity contribution < 1.29 is 0 Å². The molecule has 0 bridgehead atoms. The quantitative estimate of drug-likeness (QED) is 0.850. The molecule has 15 heavy (non-hydrogen) atoms. The molecule has 2 N–H and O–H groups in total. The third-order valence-electron chi connectivity index (χ3n) is 2.61. The first-order valence-electron chi connectivity index (χ1n) is 5.24. The summed E-state index contributed by atoms with van der Waals surface area (Å²) in [5, 5.41) is 6.92. The van der Waals surface area contributed by atoms with Gasteiger partial charge in [0.2, 0.25) is 0 Å². The molecule has 2 heterocycles. The van der Waals surface area contributed by atoms with Crippen LogP contribution in [0.25, 0.3) is 0 Å². The zero-order chi connectivity index (χ0) is 9.64. The summed E-state index contributed by atoms with van der Waals surface area (Å²) in [6, 6.07) is 0. The second-order valence-corrected chi connectivity index (χ2v) is 4.78. The van der Waals surface area contributed by atoms with Crippen LogP contribution in [0, 0.1) is 5.92 Å². The van der Waals surface area contributed by atoms with Gasteiger partial charge in [-0.3, -0.25) is 4.98 Å². The van der Waals surface area contributed by atoms with Crippen molar-refractivity contribution in [2.75, 3.05) is 19.6 Å². The Kier molecular flexibility index (Phi) is 6.17. The van der Waals surface area contributed by atoms with E-state index in [1.807, 2.05) is 11.7 Å². The van der Waals surface area contributed by atoms with E-state index in [-0.39, 0.29) is 12.4 Å². The van der Waals surface area contributed by atoms with Crippen LogP contribution in [0.1, 0.15) is 17.7 Å². The van der Waals surface area contributed by atoms with Crippen molar-refractivity contribution in [1.29, 1.82) is 0 Å². The van der Waals surface area contributed by atoms with E-state index in [0.29, 0.717) is 0 Å². The van der Waals surface area contributed by atoms with Crippen LogP contribution in [-0.4, -0.2) is 24.6 Å². The number of aromatic nitrogens is 1. The summed E-state index contributed by atoms with van der Waals surface area (Å²) in [4.78, 5) is 5.38. The van der Waals surface area contributed by atoms with Gasteiger partial charge in [-0.05, 0) is 38.4 Å². The monoisotopic (exact) mass is 247 g/mol. The third-order valence-corrected chi connectivity index (χ3v) is 3.39. The van der Waals surface area contributed by atoms with Gasteiger partial charge in [-0.2, -0.15) is 0 Å². The van der Waals surface area contributed by atoms with Gasteiger partial charge in [0, 0.05) is 17.6 Å². The Morgan fingerprint density at radius 2 is 2.53 bits per heavy atom. The van der Waals surface area contributed by atoms with E-state index in [0.717, 1.165) is 19.0 Å². The molecule has 1 fully saturated rings. The highest BCUT2D eigenvalue weighted by Gasteiger charge is 2.11. The second kappa shape index (κ2) is 7.17. The van der Waals surface area contributed by atoms with Crippen LogP contribution in [0.5, 0.6) is 0 Å². The highest BCUT2D eigenvalue weighted by molar-refractivity contribution is 7.09. The van der Waals surface area contributed by atoms with Gasteiger partial charge in [0.25, 0.3) is 0 Å². The average Bonchev–Trinajstić information content (AvgIpc) is 2.72. The maximum absolute atomic E-state index is 4.05. The number of nitrogens with zero attached hydrogens (tertiary/aromatic N) is 1. The van der Waals surface area contributed by atoms with E-state index in [9.17, 15) is 0 Å². The van der Waals surface area contributed by atoms with E-state index in [1.54, 1.807) is 11.3 Å². The maximum Gasteiger partial charge on any atom is 0.0794 e. The fourth-order valence-electron chi connectivity index (χ4n) is 1.83. The zero-order valence-electron chi connectivity index (χ0n) is 8.74. The smallest absolute Gasteiger partial charge is 0.0794 e. The summed E-state index contributed by atoms with van der Waals surface area (Å²) in [6.45, 7) is 4.48. The van der Waals surface area contributed by atoms with Crippen molar-refractivity contribution in [2.45, 2.75) is 19.4 Å². The molecule has 0 aromatic carbocycles. The number of thiazole rings is 1. The molecule has 1 aliphatic heterocycles. The lowest BCUT2D eigenvalue weighted by Crippen LogP contribution is -2.35. The third kappa shape index (κ3) is 4.47. The number of nitrogens with one attached hydrogen (secondary N) is 2. The van der Waals surface area contributed by atoms with Gasteiger partial charge in [0.15, 0.2) is 0 Å². The van der Waals surface area contributed by atoms with E-state index in [4.69, 9.17) is 0 Å². The van der Waals surface area contributed by atoms with E-state index in [1.165, 1.54) is 30.8 Å². The van der Waals surface area contributed by atoms with E-state index >= 15 is 0 Å². The van der Waals surface area contributed by atoms with Crippen molar-refractivity contribution in [3.05, 3.63) is 16.6 Å². The fourth-order valence-corrected chi connectivity index (χ4v) is 2.39. The van der Waals surface area contributed by atoms with Crippen LogP contribution in [0.2, 0.25) is 0 Å². The molecule has 0 spiro atoms. The van der Waals surface area contributed by atoms with Gasteiger partial charge in [0.05, 0.1) is 5.51 Å². The van der Waals surface area contributed by atoms with E-state index < -0.39 is 0 Å². The van der Waals surface area contributed by atoms with Crippen LogP contribution in [-0.2, 0) is 6.54 Å². The van der Waals surface area contributed by atoms with Crippen LogP contribution in [0.3, 0.4) is 0 Å². The molecule has 0 amide bonds. The number of hydrogen-bond acceptors (Lipinski definition) is 4. The zero-order valence-corrected chi connectivity index (χ0v) is 10.4. The minimum Gasteiger partial charge on any atom is -0.316 e. The van der Waals surface area contributed by atoms with Crippen LogP contribution >= 0.6 is 23.7 Å². The lowest BCUT2D eigenvalue weighted by atomic mass is 10.00. The Morgan fingerprint density at radius 3 is 3.20 bits per heavy atom. The van der Waals surface area contributed by atoms with Crippen molar-refractivity contribution in [3.8, 4) is 0 Å². The average molecular weight is 248 g/mol. The molecule has 5 heteroatoms. The van der Waals surface area contributed by atoms with Gasteiger partial charge in [-0.15, -0.1) is 23.7 Å². The highest BCUT2D eigenvalue weighted by Crippen LogP contribution is 2.09. The molecule has 2 rings (SSSR count). The van der Waals surface area contributed by atoms with Crippen molar-refractivity contribution in [1.82, 2.24) is 15.6 Å². The first kappa shape index (κ1) is 12.9. The summed E-state index contributed by atoms with van der Waals surface area (Å²) in [7, 11) is 0. The van der Waals surface area contributed by atoms with Crippen LogP contribution < -0.4 is 10.6 Å². The molecule has 0 radical (unpaired) electrons. The molecule has 1 saturated heterocycles. The van der Waals surface area contributed by atoms with Gasteiger partial charge < -0.3 is 10.6 Å². The molecule has 1 aromatic heterocycles. The molecule has 1 atom stereocenters. The van der Waals surface area contributed by atoms with Crippen molar-refractivity contribution >= 4 is 23.7 Å². The molecule has 1 aliphatic rings. The largest absolute Gasteiger partial charge is 0.316 e. The SMILES string of the molecule is Cl.c1ncc(CNCC2CCCNC2)s1. The molecular formula is C10H18ClN3S. The fraction of sp³-hybridized carbons (Fsp3) is 0.700. The first-order chi connectivity index (χ1) is 6.95. The molecule has 1 unspecified atom stereocenters. The molecular weight excluding hydrogens is 230 g/mol. The molecule has 1 aromatic rings. The van der Waals surface area contributed by atoms with Gasteiger partial charge in [-0.1, -0.05) is 0 Å². The topological polar surface area (TPSA) is 37.0 Å². The minimum absolute atomic E-state index is 0. The molecule has 0 aliphatic carbocycles. The van der Waals surface area contributed by atoms with Crippen LogP contribution in [0.15, 0.2) is 11.7 Å². The van der Waals surface area contributed by atoms with Crippen LogP contribution in [0.4, 0.5) is 0 Å². The first-order valence-corrected chi connectivity index (χ1v) is 6.12. The summed E-state index contributed by atoms with van der Waals surface area (Å²) < 4.78 is 0. The summed E-state index contributed by atoms with van der Waals surface area (Å²) in [5.74, 6) is 0.816.